The zero-order valence-corrected chi connectivity index (χ0v) is 13.7. The van der Waals surface area contributed by atoms with Gasteiger partial charge in [-0.15, -0.1) is 0 Å². The lowest BCUT2D eigenvalue weighted by molar-refractivity contribution is 0.0880. The van der Waals surface area contributed by atoms with Crippen molar-refractivity contribution < 1.29 is 14.0 Å². The Balaban J connectivity index is 2.00. The van der Waals surface area contributed by atoms with Gasteiger partial charge in [-0.05, 0) is 30.7 Å². The van der Waals surface area contributed by atoms with Gasteiger partial charge in [0.2, 0.25) is 0 Å². The van der Waals surface area contributed by atoms with Crippen LogP contribution in [0.1, 0.15) is 39.0 Å². The third kappa shape index (κ3) is 2.02. The lowest BCUT2D eigenvalue weighted by Gasteiger charge is -2.12. The van der Waals surface area contributed by atoms with Gasteiger partial charge in [0.25, 0.3) is 17.4 Å². The van der Waals surface area contributed by atoms with Crippen molar-refractivity contribution in [2.24, 2.45) is 0 Å². The smallest absolute Gasteiger partial charge is 0.262 e. The van der Waals surface area contributed by atoms with Crippen LogP contribution < -0.4 is 16.6 Å². The summed E-state index contributed by atoms with van der Waals surface area (Å²) in [6.07, 6.45) is 0.763. The van der Waals surface area contributed by atoms with Gasteiger partial charge in [-0.25, -0.2) is 0 Å². The minimum Gasteiger partial charge on any atom is -0.461 e. The highest BCUT2D eigenvalue weighted by Crippen LogP contribution is 2.29. The van der Waals surface area contributed by atoms with Crippen LogP contribution in [0.4, 0.5) is 5.82 Å². The molecule has 0 saturated heterocycles. The van der Waals surface area contributed by atoms with Crippen molar-refractivity contribution in [3.63, 3.8) is 0 Å². The number of furan rings is 1. The monoisotopic (exact) mass is 337 g/mol. The molecule has 3 N–H and O–H groups in total. The van der Waals surface area contributed by atoms with Crippen molar-refractivity contribution in [3.8, 4) is 5.69 Å². The van der Waals surface area contributed by atoms with E-state index >= 15 is 0 Å². The Hall–Kier alpha value is -3.35. The summed E-state index contributed by atoms with van der Waals surface area (Å²) >= 11 is 0. The molecular formula is C18H15N3O4. The van der Waals surface area contributed by atoms with Gasteiger partial charge in [-0.3, -0.25) is 24.3 Å². The number of carbonyl (C=O) groups is 2. The predicted molar refractivity (Wildman–Crippen MR) is 92.1 cm³/mol. The number of aryl methyl sites for hydroxylation is 2. The number of pyridine rings is 1. The predicted octanol–water partition coefficient (Wildman–Crippen LogP) is 1.92. The van der Waals surface area contributed by atoms with Crippen molar-refractivity contribution in [3.05, 3.63) is 57.1 Å². The van der Waals surface area contributed by atoms with Gasteiger partial charge in [0, 0.05) is 17.9 Å². The first-order chi connectivity index (χ1) is 11.9. The van der Waals surface area contributed by atoms with E-state index in [2.05, 4.69) is 5.32 Å². The fraction of sp³-hybridized carbons (Fsp3) is 0.167. The largest absolute Gasteiger partial charge is 0.461 e. The number of nitrogens with one attached hydrogen (secondary N) is 1. The third-order valence-corrected chi connectivity index (χ3v) is 4.55. The summed E-state index contributed by atoms with van der Waals surface area (Å²) in [4.78, 5) is 36.2. The van der Waals surface area contributed by atoms with Crippen molar-refractivity contribution >= 4 is 28.6 Å². The molecule has 0 fully saturated rings. The molecule has 1 aromatic carbocycles. The van der Waals surface area contributed by atoms with Crippen molar-refractivity contribution in [2.45, 2.75) is 20.3 Å². The highest BCUT2D eigenvalue weighted by Gasteiger charge is 2.31. The molecular weight excluding hydrogens is 322 g/mol. The molecule has 4 rings (SSSR count). The van der Waals surface area contributed by atoms with Gasteiger partial charge in [0.05, 0.1) is 16.8 Å². The fourth-order valence-electron chi connectivity index (χ4n) is 3.28. The molecule has 1 aliphatic heterocycles. The van der Waals surface area contributed by atoms with Crippen molar-refractivity contribution in [1.29, 1.82) is 0 Å². The van der Waals surface area contributed by atoms with Gasteiger partial charge in [-0.2, -0.15) is 0 Å². The maximum Gasteiger partial charge on any atom is 0.262 e. The number of nitrogens with two attached hydrogens (primary N) is 1. The molecule has 2 aromatic heterocycles. The van der Waals surface area contributed by atoms with Crippen LogP contribution in [0, 0.1) is 6.92 Å². The average molecular weight is 337 g/mol. The fourth-order valence-corrected chi connectivity index (χ4v) is 3.28. The van der Waals surface area contributed by atoms with Crippen molar-refractivity contribution in [2.75, 3.05) is 5.73 Å². The molecule has 0 radical (unpaired) electrons. The summed E-state index contributed by atoms with van der Waals surface area (Å²) < 4.78 is 7.01. The Labute approximate surface area is 142 Å². The van der Waals surface area contributed by atoms with E-state index in [0.717, 1.165) is 34.8 Å². The topological polar surface area (TPSA) is 107 Å². The van der Waals surface area contributed by atoms with Gasteiger partial charge in [-0.1, -0.05) is 6.92 Å². The number of aromatic nitrogens is 1. The first-order valence-electron chi connectivity index (χ1n) is 7.86. The van der Waals surface area contributed by atoms with Gasteiger partial charge in [0.15, 0.2) is 0 Å². The second-order valence-electron chi connectivity index (χ2n) is 5.96. The minimum atomic E-state index is -0.607. The molecule has 0 saturated carbocycles. The maximum atomic E-state index is 12.5. The molecule has 7 nitrogen and oxygen atoms in total. The molecule has 25 heavy (non-hydrogen) atoms. The molecule has 0 spiro atoms. The second-order valence-corrected chi connectivity index (χ2v) is 5.96. The molecule has 0 unspecified atom stereocenters. The number of hydrogen-bond donors (Lipinski definition) is 2. The van der Waals surface area contributed by atoms with Crippen LogP contribution in [0.3, 0.4) is 0 Å². The standard InChI is InChI=1S/C18H15N3O4/c1-3-12-8(2)10-6-9(4-5-13(10)25-12)21-14(22)7-11-15(16(21)19)18(24)20-17(11)23/h4-7H,3,19H2,1-2H3,(H,20,23,24). The van der Waals surface area contributed by atoms with Crippen LogP contribution in [0.2, 0.25) is 0 Å². The summed E-state index contributed by atoms with van der Waals surface area (Å²) in [5, 5.41) is 3.03. The molecule has 7 heteroatoms. The number of fused-ring (bicyclic) bond motifs is 2. The van der Waals surface area contributed by atoms with E-state index in [0.29, 0.717) is 5.69 Å². The van der Waals surface area contributed by atoms with Gasteiger partial charge in [0.1, 0.15) is 17.2 Å². The molecule has 3 heterocycles. The third-order valence-electron chi connectivity index (χ3n) is 4.55. The van der Waals surface area contributed by atoms with Crippen LogP contribution in [0.25, 0.3) is 16.7 Å². The lowest BCUT2D eigenvalue weighted by Crippen LogP contribution is -2.24. The first-order valence-corrected chi connectivity index (χ1v) is 7.86. The van der Waals surface area contributed by atoms with E-state index in [1.54, 1.807) is 18.2 Å². The number of nitrogen functional groups attached to an aromatic ring is 1. The zero-order chi connectivity index (χ0) is 17.9. The van der Waals surface area contributed by atoms with Crippen molar-refractivity contribution in [1.82, 2.24) is 9.88 Å². The van der Waals surface area contributed by atoms with E-state index in [-0.39, 0.29) is 16.9 Å². The van der Waals surface area contributed by atoms with Crippen LogP contribution in [-0.4, -0.2) is 16.4 Å². The SMILES string of the molecule is CCc1oc2ccc(-n3c(N)c4c(cc3=O)C(=O)NC4=O)cc2c1C. The number of hydrogen-bond acceptors (Lipinski definition) is 5. The molecule has 0 bridgehead atoms. The summed E-state index contributed by atoms with van der Waals surface area (Å²) in [5.41, 5.74) is 7.86. The molecule has 0 atom stereocenters. The van der Waals surface area contributed by atoms with Crippen LogP contribution in [0.5, 0.6) is 0 Å². The number of nitrogens with zero attached hydrogens (tertiary/aromatic N) is 1. The van der Waals surface area contributed by atoms with E-state index in [1.807, 2.05) is 13.8 Å². The van der Waals surface area contributed by atoms with Crippen LogP contribution in [0.15, 0.2) is 33.5 Å². The molecule has 2 amide bonds. The van der Waals surface area contributed by atoms with Gasteiger partial charge >= 0.3 is 0 Å². The molecule has 1 aliphatic rings. The number of benzene rings is 1. The summed E-state index contributed by atoms with van der Waals surface area (Å²) in [7, 11) is 0. The quantitative estimate of drug-likeness (QED) is 0.695. The highest BCUT2D eigenvalue weighted by molar-refractivity contribution is 6.23. The Morgan fingerprint density at radius 1 is 1.16 bits per heavy atom. The van der Waals surface area contributed by atoms with E-state index in [4.69, 9.17) is 10.2 Å². The molecule has 126 valence electrons. The second kappa shape index (κ2) is 5.07. The number of anilines is 1. The first kappa shape index (κ1) is 15.2. The molecule has 0 aliphatic carbocycles. The number of carbonyl (C=O) groups excluding carboxylic acids is 2. The normalized spacial score (nSPS) is 13.4. The summed E-state index contributed by atoms with van der Waals surface area (Å²) in [5.74, 6) is -0.377. The Bertz CT molecular complexity index is 1140. The number of imide groups is 1. The highest BCUT2D eigenvalue weighted by atomic mass is 16.3. The van der Waals surface area contributed by atoms with Crippen LogP contribution >= 0.6 is 0 Å². The zero-order valence-electron chi connectivity index (χ0n) is 13.7. The van der Waals surface area contributed by atoms with Crippen LogP contribution in [-0.2, 0) is 6.42 Å². The number of amides is 2. The Morgan fingerprint density at radius 2 is 1.92 bits per heavy atom. The van der Waals surface area contributed by atoms with E-state index in [1.165, 1.54) is 4.57 Å². The lowest BCUT2D eigenvalue weighted by atomic mass is 10.1. The summed E-state index contributed by atoms with van der Waals surface area (Å²) in [6, 6.07) is 6.40. The van der Waals surface area contributed by atoms with E-state index < -0.39 is 17.4 Å². The minimum absolute atomic E-state index is 0.0117. The maximum absolute atomic E-state index is 12.5. The Kier molecular flexibility index (Phi) is 3.08. The van der Waals surface area contributed by atoms with E-state index in [9.17, 15) is 14.4 Å². The Morgan fingerprint density at radius 3 is 2.64 bits per heavy atom. The average Bonchev–Trinajstić information content (AvgIpc) is 3.04. The summed E-state index contributed by atoms with van der Waals surface area (Å²) in [6.45, 7) is 3.96. The molecule has 3 aromatic rings. The number of rotatable bonds is 2. The van der Waals surface area contributed by atoms with Gasteiger partial charge < -0.3 is 10.2 Å².